The first-order valence-electron chi connectivity index (χ1n) is 10.9. The van der Waals surface area contributed by atoms with Gasteiger partial charge in [0.1, 0.15) is 12.6 Å². The quantitative estimate of drug-likeness (QED) is 0.466. The minimum Gasteiger partial charge on any atom is -0.472 e. The molecule has 2 heterocycles. The summed E-state index contributed by atoms with van der Waals surface area (Å²) in [4.78, 5) is 21.3. The molecule has 0 bridgehead atoms. The normalized spacial score (nSPS) is 13.7. The first-order valence-corrected chi connectivity index (χ1v) is 12.3. The molecular weight excluding hydrogens is 422 g/mol. The number of nitrogens with one attached hydrogen (secondary N) is 1. The van der Waals surface area contributed by atoms with Gasteiger partial charge in [-0.15, -0.1) is 0 Å². The van der Waals surface area contributed by atoms with Crippen LogP contribution in [-0.4, -0.2) is 41.1 Å². The van der Waals surface area contributed by atoms with E-state index in [9.17, 15) is 4.79 Å². The summed E-state index contributed by atoms with van der Waals surface area (Å²) in [7, 11) is 1.43. The molecule has 6 nitrogen and oxygen atoms in total. The topological polar surface area (TPSA) is 73.3 Å². The number of nitrogens with zero attached hydrogens (tertiary/aromatic N) is 2. The lowest BCUT2D eigenvalue weighted by molar-refractivity contribution is -0.143. The number of esters is 1. The number of hydrogen-bond donors (Lipinski definition) is 1. The lowest BCUT2D eigenvalue weighted by atomic mass is 10.0. The van der Waals surface area contributed by atoms with Crippen LogP contribution in [0.1, 0.15) is 35.1 Å². The highest BCUT2D eigenvalue weighted by atomic mass is 32.2. The van der Waals surface area contributed by atoms with Crippen LogP contribution in [0.15, 0.2) is 42.7 Å². The number of thioether (sulfide) groups is 1. The Labute approximate surface area is 193 Å². The molecule has 0 saturated carbocycles. The Hall–Kier alpha value is -2.64. The molecule has 1 N–H and O–H groups in total. The van der Waals surface area contributed by atoms with Gasteiger partial charge in [0, 0.05) is 35.5 Å². The second kappa shape index (κ2) is 10.8. The second-order valence-corrected chi connectivity index (χ2v) is 8.99. The third kappa shape index (κ3) is 5.40. The highest BCUT2D eigenvalue weighted by Crippen LogP contribution is 2.30. The van der Waals surface area contributed by atoms with E-state index in [1.807, 2.05) is 18.4 Å². The second-order valence-electron chi connectivity index (χ2n) is 8.01. The fraction of sp³-hybridized carbons (Fsp3) is 0.400. The average Bonchev–Trinajstić information content (AvgIpc) is 3.28. The molecule has 32 heavy (non-hydrogen) atoms. The molecule has 4 rings (SSSR count). The predicted octanol–water partition coefficient (Wildman–Crippen LogP) is 4.08. The van der Waals surface area contributed by atoms with E-state index in [-0.39, 0.29) is 12.0 Å². The van der Waals surface area contributed by atoms with E-state index in [4.69, 9.17) is 14.5 Å². The summed E-state index contributed by atoms with van der Waals surface area (Å²) in [6.45, 7) is 0.855. The number of methoxy groups -OCH3 is 1. The van der Waals surface area contributed by atoms with Crippen molar-refractivity contribution in [3.63, 3.8) is 0 Å². The smallest absolute Gasteiger partial charge is 0.322 e. The van der Waals surface area contributed by atoms with Crippen molar-refractivity contribution >= 4 is 28.6 Å². The lowest BCUT2D eigenvalue weighted by Gasteiger charge is -2.18. The molecule has 168 valence electrons. The number of hydrogen-bond acceptors (Lipinski definition) is 7. The summed E-state index contributed by atoms with van der Waals surface area (Å²) in [5.41, 5.74) is 5.65. The Morgan fingerprint density at radius 2 is 2.09 bits per heavy atom. The van der Waals surface area contributed by atoms with E-state index in [1.165, 1.54) is 24.7 Å². The Bertz CT molecular complexity index is 1070. The monoisotopic (exact) mass is 451 g/mol. The zero-order chi connectivity index (χ0) is 22.3. The van der Waals surface area contributed by atoms with Crippen LogP contribution >= 0.6 is 11.8 Å². The number of carbonyl (C=O) groups is 1. The molecule has 0 radical (unpaired) electrons. The predicted molar refractivity (Wildman–Crippen MR) is 128 cm³/mol. The van der Waals surface area contributed by atoms with Gasteiger partial charge in [-0.25, -0.2) is 4.98 Å². The van der Waals surface area contributed by atoms with E-state index in [1.54, 1.807) is 24.2 Å². The largest absolute Gasteiger partial charge is 0.472 e. The molecule has 3 aromatic rings. The van der Waals surface area contributed by atoms with Crippen LogP contribution in [0, 0.1) is 0 Å². The van der Waals surface area contributed by atoms with Crippen molar-refractivity contribution < 1.29 is 14.3 Å². The summed E-state index contributed by atoms with van der Waals surface area (Å²) in [6.07, 6.45) is 9.70. The van der Waals surface area contributed by atoms with Crippen LogP contribution in [0.4, 0.5) is 0 Å². The van der Waals surface area contributed by atoms with Crippen LogP contribution in [0.3, 0.4) is 0 Å². The number of ether oxygens (including phenoxy) is 2. The molecule has 0 amide bonds. The first-order chi connectivity index (χ1) is 15.7. The van der Waals surface area contributed by atoms with Gasteiger partial charge in [0.15, 0.2) is 0 Å². The van der Waals surface area contributed by atoms with Gasteiger partial charge in [-0.3, -0.25) is 9.78 Å². The fourth-order valence-corrected chi connectivity index (χ4v) is 4.55. The third-order valence-electron chi connectivity index (χ3n) is 5.80. The van der Waals surface area contributed by atoms with Crippen molar-refractivity contribution in [3.8, 4) is 5.88 Å². The van der Waals surface area contributed by atoms with Crippen molar-refractivity contribution in [1.82, 2.24) is 15.3 Å². The van der Waals surface area contributed by atoms with Crippen molar-refractivity contribution in [3.05, 3.63) is 65.0 Å². The maximum atomic E-state index is 12.2. The fourth-order valence-electron chi connectivity index (χ4n) is 4.07. The van der Waals surface area contributed by atoms with Gasteiger partial charge in [-0.2, -0.15) is 11.8 Å². The van der Waals surface area contributed by atoms with Gasteiger partial charge < -0.3 is 14.8 Å². The molecule has 0 saturated heterocycles. The number of fused-ring (bicyclic) bond motifs is 2. The Morgan fingerprint density at radius 3 is 2.84 bits per heavy atom. The standard InChI is InChI=1S/C25H29N3O3S/c1-30-25(29)22(8-10-32-2)27-15-21-12-20-11-18-6-3-7-19(18)13-23(20)28-24(21)31-16-17-5-4-9-26-14-17/h4-5,9,11-14,22,27H,3,6-8,10,15-16H2,1-2H3/t22-/m1/s1. The zero-order valence-electron chi connectivity index (χ0n) is 18.6. The molecule has 0 aliphatic heterocycles. The molecule has 1 aliphatic rings. The summed E-state index contributed by atoms with van der Waals surface area (Å²) in [5.74, 6) is 1.21. The van der Waals surface area contributed by atoms with E-state index < -0.39 is 0 Å². The van der Waals surface area contributed by atoms with Gasteiger partial charge in [-0.05, 0) is 73.1 Å². The number of carbonyl (C=O) groups excluding carboxylic acids is 1. The number of aromatic nitrogens is 2. The number of benzene rings is 1. The first kappa shape index (κ1) is 22.6. The van der Waals surface area contributed by atoms with Crippen molar-refractivity contribution in [2.45, 2.75) is 44.9 Å². The van der Waals surface area contributed by atoms with Crippen LogP contribution in [0.25, 0.3) is 10.9 Å². The minimum absolute atomic E-state index is 0.247. The van der Waals surface area contributed by atoms with Gasteiger partial charge in [0.2, 0.25) is 5.88 Å². The van der Waals surface area contributed by atoms with Gasteiger partial charge in [-0.1, -0.05) is 6.07 Å². The Morgan fingerprint density at radius 1 is 1.25 bits per heavy atom. The number of pyridine rings is 2. The van der Waals surface area contributed by atoms with Crippen LogP contribution in [-0.2, 0) is 35.5 Å². The summed E-state index contributed by atoms with van der Waals surface area (Å²) >= 11 is 1.71. The van der Waals surface area contributed by atoms with Gasteiger partial charge >= 0.3 is 5.97 Å². The summed E-state index contributed by atoms with van der Waals surface area (Å²) < 4.78 is 11.1. The van der Waals surface area contributed by atoms with E-state index >= 15 is 0 Å². The molecule has 0 fully saturated rings. The van der Waals surface area contributed by atoms with E-state index in [0.29, 0.717) is 25.5 Å². The summed E-state index contributed by atoms with van der Waals surface area (Å²) in [6, 6.07) is 10.1. The van der Waals surface area contributed by atoms with Crippen molar-refractivity contribution in [2.24, 2.45) is 0 Å². The highest BCUT2D eigenvalue weighted by molar-refractivity contribution is 7.98. The molecule has 2 aromatic heterocycles. The number of rotatable bonds is 10. The van der Waals surface area contributed by atoms with Crippen LogP contribution < -0.4 is 10.1 Å². The Kier molecular flexibility index (Phi) is 7.60. The van der Waals surface area contributed by atoms with Crippen LogP contribution in [0.2, 0.25) is 0 Å². The molecule has 0 spiro atoms. The van der Waals surface area contributed by atoms with Crippen molar-refractivity contribution in [1.29, 1.82) is 0 Å². The average molecular weight is 452 g/mol. The maximum Gasteiger partial charge on any atom is 0.322 e. The molecule has 7 heteroatoms. The molecular formula is C25H29N3O3S. The Balaban J connectivity index is 1.61. The maximum absolute atomic E-state index is 12.2. The van der Waals surface area contributed by atoms with Crippen molar-refractivity contribution in [2.75, 3.05) is 19.1 Å². The molecule has 1 aliphatic carbocycles. The molecule has 0 unspecified atom stereocenters. The molecule has 1 atom stereocenters. The minimum atomic E-state index is -0.366. The molecule has 1 aromatic carbocycles. The SMILES string of the molecule is COC(=O)[C@@H](CCSC)NCc1cc2cc3c(cc2nc1OCc1cccnc1)CCC3. The third-order valence-corrected chi connectivity index (χ3v) is 6.45. The van der Waals surface area contributed by atoms with E-state index in [2.05, 4.69) is 28.5 Å². The van der Waals surface area contributed by atoms with E-state index in [0.717, 1.165) is 40.6 Å². The van der Waals surface area contributed by atoms with Gasteiger partial charge in [0.05, 0.1) is 12.6 Å². The summed E-state index contributed by atoms with van der Waals surface area (Å²) in [5, 5.41) is 4.46. The lowest BCUT2D eigenvalue weighted by Crippen LogP contribution is -2.37. The highest BCUT2D eigenvalue weighted by Gasteiger charge is 2.20. The number of aryl methyl sites for hydroxylation is 2. The zero-order valence-corrected chi connectivity index (χ0v) is 19.4. The van der Waals surface area contributed by atoms with Crippen LogP contribution in [0.5, 0.6) is 5.88 Å². The van der Waals surface area contributed by atoms with Gasteiger partial charge in [0.25, 0.3) is 0 Å².